The van der Waals surface area contributed by atoms with Crippen LogP contribution in [0.1, 0.15) is 19.4 Å². The zero-order valence-corrected chi connectivity index (χ0v) is 18.3. The summed E-state index contributed by atoms with van der Waals surface area (Å²) in [5, 5.41) is 0. The summed E-state index contributed by atoms with van der Waals surface area (Å²) >= 11 is 6.58. The van der Waals surface area contributed by atoms with Crippen molar-refractivity contribution in [2.75, 3.05) is 0 Å². The SMILES string of the molecule is CC1(C)[C@H](C(=O)OCc2cccc(-c3cccc(F)c3F)c2F)[C@@H]1C=C(Br)Br. The van der Waals surface area contributed by atoms with Gasteiger partial charge in [0.1, 0.15) is 12.4 Å². The zero-order chi connectivity index (χ0) is 20.6. The fourth-order valence-corrected chi connectivity index (χ4v) is 3.99. The molecule has 1 saturated carbocycles. The standard InChI is InChI=1S/C21H17Br2F3O2/c1-21(2)14(9-16(22)23)17(21)20(27)28-10-11-5-3-6-12(18(11)25)13-7-4-8-15(24)19(13)26/h3-9,14,17H,10H2,1-2H3/t14-,17-/m0/s1. The normalized spacial score (nSPS) is 19.8. The molecule has 0 amide bonds. The molecule has 0 aromatic heterocycles. The fraction of sp³-hybridized carbons (Fsp3) is 0.286. The van der Waals surface area contributed by atoms with Gasteiger partial charge < -0.3 is 4.74 Å². The lowest BCUT2D eigenvalue weighted by atomic mass is 10.0. The number of hydrogen-bond donors (Lipinski definition) is 0. The second kappa shape index (κ2) is 8.03. The average Bonchev–Trinajstić information content (AvgIpc) is 3.16. The average molecular weight is 518 g/mol. The minimum Gasteiger partial charge on any atom is -0.460 e. The third-order valence-corrected chi connectivity index (χ3v) is 5.69. The highest BCUT2D eigenvalue weighted by Gasteiger charge is 2.61. The van der Waals surface area contributed by atoms with Crippen molar-refractivity contribution in [1.82, 2.24) is 0 Å². The molecular formula is C21H17Br2F3O2. The van der Waals surface area contributed by atoms with E-state index in [1.54, 1.807) is 0 Å². The Hall–Kier alpha value is -1.60. The summed E-state index contributed by atoms with van der Waals surface area (Å²) in [5.74, 6) is -3.66. The fourth-order valence-electron chi connectivity index (χ4n) is 3.42. The lowest BCUT2D eigenvalue weighted by Gasteiger charge is -2.11. The Labute approximate surface area is 178 Å². The molecule has 3 rings (SSSR count). The van der Waals surface area contributed by atoms with Gasteiger partial charge in [0.15, 0.2) is 11.6 Å². The van der Waals surface area contributed by atoms with Crippen LogP contribution in [0.2, 0.25) is 0 Å². The summed E-state index contributed by atoms with van der Waals surface area (Å²) in [7, 11) is 0. The molecule has 0 spiro atoms. The van der Waals surface area contributed by atoms with Gasteiger partial charge in [0, 0.05) is 16.7 Å². The first kappa shape index (κ1) is 21.1. The van der Waals surface area contributed by atoms with E-state index in [0.29, 0.717) is 0 Å². The Morgan fingerprint density at radius 2 is 1.68 bits per heavy atom. The van der Waals surface area contributed by atoms with E-state index in [2.05, 4.69) is 31.9 Å². The molecule has 7 heteroatoms. The van der Waals surface area contributed by atoms with Crippen molar-refractivity contribution in [3.63, 3.8) is 0 Å². The quantitative estimate of drug-likeness (QED) is 0.411. The number of rotatable bonds is 5. The maximum atomic E-state index is 14.8. The summed E-state index contributed by atoms with van der Waals surface area (Å²) in [6.07, 6.45) is 1.89. The Morgan fingerprint density at radius 1 is 1.07 bits per heavy atom. The highest BCUT2D eigenvalue weighted by Crippen LogP contribution is 2.60. The van der Waals surface area contributed by atoms with Crippen molar-refractivity contribution in [3.8, 4) is 11.1 Å². The molecule has 1 fully saturated rings. The molecular weight excluding hydrogens is 501 g/mol. The van der Waals surface area contributed by atoms with E-state index in [0.717, 1.165) is 9.46 Å². The van der Waals surface area contributed by atoms with Gasteiger partial charge in [-0.15, -0.1) is 0 Å². The van der Waals surface area contributed by atoms with Crippen molar-refractivity contribution in [1.29, 1.82) is 0 Å². The van der Waals surface area contributed by atoms with Crippen LogP contribution in [-0.4, -0.2) is 5.97 Å². The van der Waals surface area contributed by atoms with Crippen molar-refractivity contribution >= 4 is 37.8 Å². The molecule has 0 heterocycles. The van der Waals surface area contributed by atoms with E-state index in [1.807, 2.05) is 19.9 Å². The van der Waals surface area contributed by atoms with Gasteiger partial charge in [-0.25, -0.2) is 13.2 Å². The highest BCUT2D eigenvalue weighted by molar-refractivity contribution is 9.28. The molecule has 1 aliphatic rings. The molecule has 0 bridgehead atoms. The molecule has 148 valence electrons. The lowest BCUT2D eigenvalue weighted by molar-refractivity contribution is -0.147. The summed E-state index contributed by atoms with van der Waals surface area (Å²) in [6, 6.07) is 7.90. The first-order valence-corrected chi connectivity index (χ1v) is 10.1. The summed E-state index contributed by atoms with van der Waals surface area (Å²) in [4.78, 5) is 12.4. The molecule has 0 saturated heterocycles. The first-order chi connectivity index (χ1) is 13.1. The minimum absolute atomic E-state index is 0.00585. The predicted octanol–water partition coefficient (Wildman–Crippen LogP) is 6.72. The van der Waals surface area contributed by atoms with Crippen LogP contribution in [0.3, 0.4) is 0 Å². The monoisotopic (exact) mass is 516 g/mol. The van der Waals surface area contributed by atoms with Crippen LogP contribution in [0.4, 0.5) is 13.2 Å². The number of benzene rings is 2. The number of carbonyl (C=O) groups excluding carboxylic acids is 1. The Morgan fingerprint density at radius 3 is 2.32 bits per heavy atom. The molecule has 0 radical (unpaired) electrons. The maximum absolute atomic E-state index is 14.8. The van der Waals surface area contributed by atoms with Crippen molar-refractivity contribution in [3.05, 3.63) is 68.9 Å². The molecule has 0 aliphatic heterocycles. The smallest absolute Gasteiger partial charge is 0.310 e. The van der Waals surface area contributed by atoms with Gasteiger partial charge in [-0.3, -0.25) is 4.79 Å². The topological polar surface area (TPSA) is 26.3 Å². The number of ether oxygens (including phenoxy) is 1. The maximum Gasteiger partial charge on any atom is 0.310 e. The van der Waals surface area contributed by atoms with E-state index in [-0.39, 0.29) is 40.5 Å². The third-order valence-electron chi connectivity index (χ3n) is 5.16. The van der Waals surface area contributed by atoms with Crippen LogP contribution >= 0.6 is 31.9 Å². The van der Waals surface area contributed by atoms with Gasteiger partial charge >= 0.3 is 5.97 Å². The second-order valence-corrected chi connectivity index (χ2v) is 10.0. The third kappa shape index (κ3) is 4.06. The van der Waals surface area contributed by atoms with Crippen molar-refractivity contribution < 1.29 is 22.7 Å². The minimum atomic E-state index is -1.12. The molecule has 28 heavy (non-hydrogen) atoms. The van der Waals surface area contributed by atoms with E-state index in [1.165, 1.54) is 30.3 Å². The Kier molecular flexibility index (Phi) is 6.05. The number of allylic oxidation sites excluding steroid dienone is 1. The summed E-state index contributed by atoms with van der Waals surface area (Å²) in [5.41, 5.74) is -0.418. The van der Waals surface area contributed by atoms with E-state index in [4.69, 9.17) is 4.74 Å². The molecule has 2 atom stereocenters. The Bertz CT molecular complexity index is 953. The Balaban J connectivity index is 1.77. The molecule has 0 N–H and O–H groups in total. The lowest BCUT2D eigenvalue weighted by Crippen LogP contribution is -2.11. The molecule has 2 aromatic carbocycles. The van der Waals surface area contributed by atoms with Gasteiger partial charge in [0.2, 0.25) is 0 Å². The van der Waals surface area contributed by atoms with E-state index >= 15 is 0 Å². The number of halogens is 5. The van der Waals surface area contributed by atoms with Gasteiger partial charge in [-0.05, 0) is 49.3 Å². The van der Waals surface area contributed by atoms with Crippen molar-refractivity contribution in [2.24, 2.45) is 17.3 Å². The van der Waals surface area contributed by atoms with Crippen LogP contribution in [-0.2, 0) is 16.1 Å². The summed E-state index contributed by atoms with van der Waals surface area (Å²) in [6.45, 7) is 3.63. The van der Waals surface area contributed by atoms with E-state index < -0.39 is 23.4 Å². The predicted molar refractivity (Wildman–Crippen MR) is 108 cm³/mol. The number of hydrogen-bond acceptors (Lipinski definition) is 2. The van der Waals surface area contributed by atoms with Crippen LogP contribution in [0, 0.1) is 34.7 Å². The largest absolute Gasteiger partial charge is 0.460 e. The van der Waals surface area contributed by atoms with Gasteiger partial charge in [0.25, 0.3) is 0 Å². The molecule has 1 aliphatic carbocycles. The van der Waals surface area contributed by atoms with Crippen LogP contribution in [0.15, 0.2) is 45.9 Å². The number of carbonyl (C=O) groups is 1. The zero-order valence-electron chi connectivity index (χ0n) is 15.1. The first-order valence-electron chi connectivity index (χ1n) is 8.55. The van der Waals surface area contributed by atoms with Gasteiger partial charge in [0.05, 0.1) is 9.31 Å². The molecule has 0 unspecified atom stereocenters. The van der Waals surface area contributed by atoms with Crippen LogP contribution in [0.5, 0.6) is 0 Å². The van der Waals surface area contributed by atoms with Gasteiger partial charge in [-0.2, -0.15) is 0 Å². The number of esters is 1. The highest BCUT2D eigenvalue weighted by atomic mass is 79.9. The second-order valence-electron chi connectivity index (χ2n) is 7.27. The summed E-state index contributed by atoms with van der Waals surface area (Å²) < 4.78 is 48.4. The molecule has 2 aromatic rings. The van der Waals surface area contributed by atoms with Crippen LogP contribution < -0.4 is 0 Å². The van der Waals surface area contributed by atoms with Gasteiger partial charge in [-0.1, -0.05) is 50.3 Å². The van der Waals surface area contributed by atoms with Crippen molar-refractivity contribution in [2.45, 2.75) is 20.5 Å². The van der Waals surface area contributed by atoms with Crippen LogP contribution in [0.25, 0.3) is 11.1 Å². The molecule has 2 nitrogen and oxygen atoms in total. The van der Waals surface area contributed by atoms with E-state index in [9.17, 15) is 18.0 Å².